The van der Waals surface area contributed by atoms with E-state index in [0.717, 1.165) is 11.1 Å². The molecule has 0 bridgehead atoms. The first-order chi connectivity index (χ1) is 8.65. The second kappa shape index (κ2) is 6.19. The van der Waals surface area contributed by atoms with Gasteiger partial charge in [-0.05, 0) is 35.4 Å². The number of hydrogen-bond acceptors (Lipinski definition) is 1. The van der Waals surface area contributed by atoms with Crippen LogP contribution in [0.3, 0.4) is 0 Å². The van der Waals surface area contributed by atoms with Gasteiger partial charge < -0.3 is 5.32 Å². The van der Waals surface area contributed by atoms with Crippen LogP contribution in [0.1, 0.15) is 11.1 Å². The van der Waals surface area contributed by atoms with E-state index in [9.17, 15) is 4.39 Å². The highest BCUT2D eigenvalue weighted by molar-refractivity contribution is 6.35. The summed E-state index contributed by atoms with van der Waals surface area (Å²) < 4.78 is 12.7. The molecule has 4 heteroatoms. The minimum atomic E-state index is -0.223. The topological polar surface area (TPSA) is 12.0 Å². The molecule has 0 heterocycles. The Balaban J connectivity index is 1.90. The summed E-state index contributed by atoms with van der Waals surface area (Å²) in [4.78, 5) is 0. The molecule has 1 N–H and O–H groups in total. The first kappa shape index (κ1) is 13.3. The van der Waals surface area contributed by atoms with Crippen molar-refractivity contribution in [1.82, 2.24) is 5.32 Å². The van der Waals surface area contributed by atoms with Crippen molar-refractivity contribution in [2.45, 2.75) is 13.1 Å². The molecule has 1 nitrogen and oxygen atoms in total. The third-order valence-electron chi connectivity index (χ3n) is 2.57. The average molecular weight is 284 g/mol. The molecule has 0 spiro atoms. The van der Waals surface area contributed by atoms with Crippen LogP contribution in [0.15, 0.2) is 42.5 Å². The van der Waals surface area contributed by atoms with Gasteiger partial charge in [-0.15, -0.1) is 0 Å². The molecular weight excluding hydrogens is 272 g/mol. The Morgan fingerprint density at radius 2 is 1.67 bits per heavy atom. The standard InChI is InChI=1S/C14H12Cl2FN/c15-12-4-3-11(14(16)7-12)9-18-8-10-1-5-13(17)6-2-10/h1-7,18H,8-9H2. The van der Waals surface area contributed by atoms with Gasteiger partial charge in [0, 0.05) is 23.1 Å². The van der Waals surface area contributed by atoms with E-state index in [4.69, 9.17) is 23.2 Å². The molecule has 0 saturated heterocycles. The van der Waals surface area contributed by atoms with Gasteiger partial charge in [-0.25, -0.2) is 4.39 Å². The first-order valence-electron chi connectivity index (χ1n) is 5.54. The van der Waals surface area contributed by atoms with Crippen molar-refractivity contribution in [3.8, 4) is 0 Å². The van der Waals surface area contributed by atoms with Crippen molar-refractivity contribution in [3.05, 3.63) is 69.5 Å². The molecule has 94 valence electrons. The van der Waals surface area contributed by atoms with E-state index in [-0.39, 0.29) is 5.82 Å². The second-order valence-electron chi connectivity index (χ2n) is 3.97. The molecule has 0 saturated carbocycles. The predicted molar refractivity (Wildman–Crippen MR) is 73.4 cm³/mol. The quantitative estimate of drug-likeness (QED) is 0.876. The third kappa shape index (κ3) is 3.70. The Kier molecular flexibility index (Phi) is 4.59. The van der Waals surface area contributed by atoms with E-state index < -0.39 is 0 Å². The fourth-order valence-electron chi connectivity index (χ4n) is 1.61. The summed E-state index contributed by atoms with van der Waals surface area (Å²) >= 11 is 11.9. The zero-order valence-electron chi connectivity index (χ0n) is 9.59. The molecule has 2 rings (SSSR count). The molecule has 0 unspecified atom stereocenters. The van der Waals surface area contributed by atoms with Crippen molar-refractivity contribution in [2.75, 3.05) is 0 Å². The average Bonchev–Trinajstić information content (AvgIpc) is 2.34. The number of hydrogen-bond donors (Lipinski definition) is 1. The Morgan fingerprint density at radius 3 is 2.33 bits per heavy atom. The normalized spacial score (nSPS) is 10.6. The maximum absolute atomic E-state index is 12.7. The van der Waals surface area contributed by atoms with E-state index >= 15 is 0 Å². The summed E-state index contributed by atoms with van der Waals surface area (Å²) in [7, 11) is 0. The predicted octanol–water partition coefficient (Wildman–Crippen LogP) is 4.42. The summed E-state index contributed by atoms with van der Waals surface area (Å²) in [5.74, 6) is -0.223. The second-order valence-corrected chi connectivity index (χ2v) is 4.81. The molecule has 0 fully saturated rings. The summed E-state index contributed by atoms with van der Waals surface area (Å²) in [5.41, 5.74) is 2.02. The monoisotopic (exact) mass is 283 g/mol. The van der Waals surface area contributed by atoms with Crippen LogP contribution in [0.2, 0.25) is 10.0 Å². The van der Waals surface area contributed by atoms with E-state index in [0.29, 0.717) is 23.1 Å². The Bertz CT molecular complexity index is 526. The highest BCUT2D eigenvalue weighted by Crippen LogP contribution is 2.20. The maximum Gasteiger partial charge on any atom is 0.123 e. The molecule has 2 aromatic rings. The summed E-state index contributed by atoms with van der Waals surface area (Å²) in [6.07, 6.45) is 0. The molecule has 2 aromatic carbocycles. The molecular formula is C14H12Cl2FN. The van der Waals surface area contributed by atoms with Gasteiger partial charge in [0.05, 0.1) is 0 Å². The SMILES string of the molecule is Fc1ccc(CNCc2ccc(Cl)cc2Cl)cc1. The summed E-state index contributed by atoms with van der Waals surface area (Å²) in [6.45, 7) is 1.31. The third-order valence-corrected chi connectivity index (χ3v) is 3.16. The van der Waals surface area contributed by atoms with Crippen LogP contribution in [0, 0.1) is 5.82 Å². The minimum Gasteiger partial charge on any atom is -0.309 e. The Hall–Kier alpha value is -1.09. The van der Waals surface area contributed by atoms with Gasteiger partial charge in [0.2, 0.25) is 0 Å². The van der Waals surface area contributed by atoms with Gasteiger partial charge >= 0.3 is 0 Å². The highest BCUT2D eigenvalue weighted by Gasteiger charge is 2.01. The molecule has 0 aliphatic heterocycles. The fraction of sp³-hybridized carbons (Fsp3) is 0.143. The molecule has 0 atom stereocenters. The summed E-state index contributed by atoms with van der Waals surface area (Å²) in [6, 6.07) is 11.8. The zero-order valence-corrected chi connectivity index (χ0v) is 11.1. The van der Waals surface area contributed by atoms with E-state index in [2.05, 4.69) is 5.32 Å². The lowest BCUT2D eigenvalue weighted by Crippen LogP contribution is -2.12. The van der Waals surface area contributed by atoms with Crippen molar-refractivity contribution in [1.29, 1.82) is 0 Å². The van der Waals surface area contributed by atoms with Crippen LogP contribution in [-0.4, -0.2) is 0 Å². The molecule has 0 aromatic heterocycles. The largest absolute Gasteiger partial charge is 0.309 e. The van der Waals surface area contributed by atoms with Crippen LogP contribution >= 0.6 is 23.2 Å². The van der Waals surface area contributed by atoms with E-state index in [1.165, 1.54) is 12.1 Å². The molecule has 0 aliphatic carbocycles. The lowest BCUT2D eigenvalue weighted by atomic mass is 10.2. The number of nitrogens with one attached hydrogen (secondary N) is 1. The van der Waals surface area contributed by atoms with Gasteiger partial charge in [-0.3, -0.25) is 0 Å². The van der Waals surface area contributed by atoms with Gasteiger partial charge in [0.1, 0.15) is 5.82 Å². The lowest BCUT2D eigenvalue weighted by molar-refractivity contribution is 0.625. The smallest absolute Gasteiger partial charge is 0.123 e. The number of rotatable bonds is 4. The van der Waals surface area contributed by atoms with Gasteiger partial charge in [0.15, 0.2) is 0 Å². The van der Waals surface area contributed by atoms with E-state index in [1.54, 1.807) is 18.2 Å². The van der Waals surface area contributed by atoms with Gasteiger partial charge in [-0.1, -0.05) is 41.4 Å². The van der Waals surface area contributed by atoms with E-state index in [1.807, 2.05) is 12.1 Å². The van der Waals surface area contributed by atoms with Crippen LogP contribution in [0.4, 0.5) is 4.39 Å². The first-order valence-corrected chi connectivity index (χ1v) is 6.30. The van der Waals surface area contributed by atoms with Crippen LogP contribution in [0.25, 0.3) is 0 Å². The van der Waals surface area contributed by atoms with Crippen molar-refractivity contribution >= 4 is 23.2 Å². The lowest BCUT2D eigenvalue weighted by Gasteiger charge is -2.07. The summed E-state index contributed by atoms with van der Waals surface area (Å²) in [5, 5.41) is 4.52. The Labute approximate surface area is 116 Å². The fourth-order valence-corrected chi connectivity index (χ4v) is 2.08. The van der Waals surface area contributed by atoms with Crippen molar-refractivity contribution < 1.29 is 4.39 Å². The minimum absolute atomic E-state index is 0.223. The van der Waals surface area contributed by atoms with Crippen LogP contribution in [0.5, 0.6) is 0 Å². The Morgan fingerprint density at radius 1 is 0.944 bits per heavy atom. The van der Waals surface area contributed by atoms with Gasteiger partial charge in [0.25, 0.3) is 0 Å². The van der Waals surface area contributed by atoms with Crippen molar-refractivity contribution in [2.24, 2.45) is 0 Å². The maximum atomic E-state index is 12.7. The zero-order chi connectivity index (χ0) is 13.0. The van der Waals surface area contributed by atoms with Gasteiger partial charge in [-0.2, -0.15) is 0 Å². The molecule has 0 radical (unpaired) electrons. The molecule has 0 aliphatic rings. The van der Waals surface area contributed by atoms with Crippen molar-refractivity contribution in [3.63, 3.8) is 0 Å². The van der Waals surface area contributed by atoms with Crippen LogP contribution in [-0.2, 0) is 13.1 Å². The molecule has 0 amide bonds. The number of halogens is 3. The highest BCUT2D eigenvalue weighted by atomic mass is 35.5. The van der Waals surface area contributed by atoms with Crippen LogP contribution < -0.4 is 5.32 Å². The number of benzene rings is 2. The molecule has 18 heavy (non-hydrogen) atoms.